The Kier molecular flexibility index (Phi) is 7.44. The van der Waals surface area contributed by atoms with Gasteiger partial charge in [0, 0.05) is 30.3 Å². The van der Waals surface area contributed by atoms with Crippen LogP contribution in [0.15, 0.2) is 71.4 Å². The first-order chi connectivity index (χ1) is 16.7. The molecule has 184 valence electrons. The number of benzene rings is 2. The molecule has 1 atom stereocenters. The van der Waals surface area contributed by atoms with E-state index in [9.17, 15) is 13.3 Å². The Balaban J connectivity index is 1.35. The maximum absolute atomic E-state index is 13.7. The molecule has 2 heterocycles. The van der Waals surface area contributed by atoms with Crippen LogP contribution in [-0.2, 0) is 22.1 Å². The monoisotopic (exact) mass is 505 g/mol. The summed E-state index contributed by atoms with van der Waals surface area (Å²) in [4.78, 5) is 19.2. The lowest BCUT2D eigenvalue weighted by Gasteiger charge is -2.30. The maximum atomic E-state index is 13.7. The van der Waals surface area contributed by atoms with E-state index >= 15 is 0 Å². The van der Waals surface area contributed by atoms with E-state index in [4.69, 9.17) is 24.8 Å². The zero-order valence-corrected chi connectivity index (χ0v) is 19.1. The van der Waals surface area contributed by atoms with Gasteiger partial charge >= 0.3 is 7.82 Å². The van der Waals surface area contributed by atoms with Gasteiger partial charge in [-0.2, -0.15) is 0 Å². The van der Waals surface area contributed by atoms with Crippen LogP contribution in [0.5, 0.6) is 5.75 Å². The van der Waals surface area contributed by atoms with Gasteiger partial charge in [-0.15, -0.1) is 0 Å². The summed E-state index contributed by atoms with van der Waals surface area (Å²) in [6.45, 7) is -0.321. The van der Waals surface area contributed by atoms with Crippen LogP contribution < -0.4 is 10.5 Å². The van der Waals surface area contributed by atoms with Crippen LogP contribution in [0.3, 0.4) is 0 Å². The average molecular weight is 505 g/mol. The minimum absolute atomic E-state index is 0.0799. The second kappa shape index (κ2) is 10.5. The summed E-state index contributed by atoms with van der Waals surface area (Å²) in [6, 6.07) is 12.1. The van der Waals surface area contributed by atoms with Crippen LogP contribution in [0.4, 0.5) is 8.78 Å². The van der Waals surface area contributed by atoms with Crippen molar-refractivity contribution in [2.45, 2.75) is 19.2 Å². The number of hydrogen-bond acceptors (Lipinski definition) is 7. The van der Waals surface area contributed by atoms with Crippen LogP contribution in [0.25, 0.3) is 5.57 Å². The molecule has 0 spiro atoms. The first kappa shape index (κ1) is 24.8. The van der Waals surface area contributed by atoms with Gasteiger partial charge in [0.1, 0.15) is 25.3 Å². The number of halogens is 2. The molecule has 0 bridgehead atoms. The van der Waals surface area contributed by atoms with Crippen LogP contribution in [0.1, 0.15) is 22.6 Å². The Bertz CT molecular complexity index is 1290. The summed E-state index contributed by atoms with van der Waals surface area (Å²) >= 11 is 0. The summed E-state index contributed by atoms with van der Waals surface area (Å²) in [5.41, 5.74) is 9.11. The van der Waals surface area contributed by atoms with Gasteiger partial charge in [0.05, 0.1) is 5.69 Å². The van der Waals surface area contributed by atoms with Gasteiger partial charge in [-0.05, 0) is 29.3 Å². The maximum Gasteiger partial charge on any atom is 0.471 e. The summed E-state index contributed by atoms with van der Waals surface area (Å²) in [5, 5.41) is 4.08. The molecule has 4 N–H and O–H groups in total. The summed E-state index contributed by atoms with van der Waals surface area (Å²) < 4.78 is 53.2. The number of nitrogens with two attached hydrogens (primary N) is 1. The van der Waals surface area contributed by atoms with Gasteiger partial charge in [-0.1, -0.05) is 35.5 Å². The Labute approximate surface area is 199 Å². The SMILES string of the molecule is NC1C(c2cc(Cc3ccc(COc4cc(F)ccc4F)cc3)no2)=CC=CN1COP(=O)(O)O. The highest BCUT2D eigenvalue weighted by Gasteiger charge is 2.25. The van der Waals surface area contributed by atoms with Crippen molar-refractivity contribution in [2.75, 3.05) is 6.73 Å². The van der Waals surface area contributed by atoms with Gasteiger partial charge in [0.25, 0.3) is 0 Å². The van der Waals surface area contributed by atoms with Crippen molar-refractivity contribution in [1.29, 1.82) is 0 Å². The Morgan fingerprint density at radius 1 is 1.11 bits per heavy atom. The molecule has 9 nitrogen and oxygen atoms in total. The van der Waals surface area contributed by atoms with Crippen molar-refractivity contribution in [3.63, 3.8) is 0 Å². The second-order valence-corrected chi connectivity index (χ2v) is 8.95. The van der Waals surface area contributed by atoms with E-state index in [1.54, 1.807) is 24.4 Å². The smallest absolute Gasteiger partial charge is 0.471 e. The van der Waals surface area contributed by atoms with E-state index in [-0.39, 0.29) is 12.4 Å². The van der Waals surface area contributed by atoms with Crippen molar-refractivity contribution in [1.82, 2.24) is 10.1 Å². The molecular weight excluding hydrogens is 483 g/mol. The number of nitrogens with zero attached hydrogens (tertiary/aromatic N) is 2. The Morgan fingerprint density at radius 2 is 1.86 bits per heavy atom. The third-order valence-electron chi connectivity index (χ3n) is 5.14. The fourth-order valence-corrected chi connectivity index (χ4v) is 3.65. The van der Waals surface area contributed by atoms with E-state index in [1.165, 1.54) is 4.90 Å². The third-order valence-corrected chi connectivity index (χ3v) is 5.60. The van der Waals surface area contributed by atoms with E-state index in [0.717, 1.165) is 29.3 Å². The van der Waals surface area contributed by atoms with Crippen molar-refractivity contribution in [3.8, 4) is 5.75 Å². The summed E-state index contributed by atoms with van der Waals surface area (Å²) in [6.07, 6.45) is 4.64. The number of phosphoric acid groups is 1. The molecule has 0 fully saturated rings. The fraction of sp³-hybridized carbons (Fsp3) is 0.174. The first-order valence-electron chi connectivity index (χ1n) is 10.4. The highest BCUT2D eigenvalue weighted by atomic mass is 31.2. The van der Waals surface area contributed by atoms with Crippen molar-refractivity contribution >= 4 is 13.4 Å². The molecule has 12 heteroatoms. The van der Waals surface area contributed by atoms with Gasteiger partial charge < -0.3 is 29.7 Å². The lowest BCUT2D eigenvalue weighted by atomic mass is 10.0. The first-order valence-corrected chi connectivity index (χ1v) is 11.9. The predicted molar refractivity (Wildman–Crippen MR) is 121 cm³/mol. The van der Waals surface area contributed by atoms with Crippen molar-refractivity contribution < 1.29 is 36.9 Å². The molecule has 35 heavy (non-hydrogen) atoms. The largest absolute Gasteiger partial charge is 0.486 e. The Hall–Kier alpha value is -3.34. The molecule has 0 amide bonds. The number of aromatic nitrogens is 1. The summed E-state index contributed by atoms with van der Waals surface area (Å²) in [5.74, 6) is -0.946. The topological polar surface area (TPSA) is 131 Å². The van der Waals surface area contributed by atoms with Gasteiger partial charge in [-0.25, -0.2) is 13.3 Å². The Morgan fingerprint density at radius 3 is 2.60 bits per heavy atom. The van der Waals surface area contributed by atoms with E-state index < -0.39 is 32.4 Å². The highest BCUT2D eigenvalue weighted by molar-refractivity contribution is 7.46. The molecule has 0 saturated heterocycles. The van der Waals surface area contributed by atoms with Crippen molar-refractivity contribution in [3.05, 3.63) is 101 Å². The molecule has 1 aliphatic rings. The molecule has 0 radical (unpaired) electrons. The fourth-order valence-electron chi connectivity index (χ4n) is 3.36. The molecule has 0 aliphatic carbocycles. The van der Waals surface area contributed by atoms with E-state index in [2.05, 4.69) is 9.68 Å². The number of allylic oxidation sites excluding steroid dienone is 2. The molecule has 2 aromatic carbocycles. The van der Waals surface area contributed by atoms with E-state index in [0.29, 0.717) is 23.4 Å². The molecule has 0 saturated carbocycles. The third kappa shape index (κ3) is 6.62. The lowest BCUT2D eigenvalue weighted by molar-refractivity contribution is 0.110. The zero-order chi connectivity index (χ0) is 25.0. The minimum Gasteiger partial charge on any atom is -0.486 e. The standard InChI is InChI=1S/C23H22F2N3O6P/c24-17-7-8-20(25)22(11-17)32-13-16-5-3-15(4-6-16)10-18-12-21(34-27-18)19-2-1-9-28(23(19)26)14-33-35(29,30)31/h1-9,11-12,23H,10,13-14,26H2,(H2,29,30,31). The normalized spacial score (nSPS) is 15.9. The van der Waals surface area contributed by atoms with E-state index in [1.807, 2.05) is 24.3 Å². The van der Waals surface area contributed by atoms with Crippen LogP contribution in [0.2, 0.25) is 0 Å². The molecule has 1 unspecified atom stereocenters. The molecular formula is C23H22F2N3O6P. The number of ether oxygens (including phenoxy) is 1. The average Bonchev–Trinajstić information content (AvgIpc) is 3.27. The zero-order valence-electron chi connectivity index (χ0n) is 18.3. The molecule has 1 aromatic heterocycles. The quantitative estimate of drug-likeness (QED) is 0.373. The van der Waals surface area contributed by atoms with Gasteiger partial charge in [0.2, 0.25) is 0 Å². The molecule has 3 aromatic rings. The van der Waals surface area contributed by atoms with Crippen molar-refractivity contribution in [2.24, 2.45) is 5.73 Å². The van der Waals surface area contributed by atoms with Crippen LogP contribution >= 0.6 is 7.82 Å². The molecule has 4 rings (SSSR count). The molecule has 1 aliphatic heterocycles. The lowest BCUT2D eigenvalue weighted by Crippen LogP contribution is -2.41. The number of phosphoric ester groups is 1. The second-order valence-electron chi connectivity index (χ2n) is 7.71. The van der Waals surface area contributed by atoms with Crippen LogP contribution in [0, 0.1) is 11.6 Å². The predicted octanol–water partition coefficient (Wildman–Crippen LogP) is 3.69. The number of rotatable bonds is 9. The number of hydrogen-bond donors (Lipinski definition) is 3. The minimum atomic E-state index is -4.64. The van der Waals surface area contributed by atoms with Gasteiger partial charge in [0.15, 0.2) is 17.3 Å². The summed E-state index contributed by atoms with van der Waals surface area (Å²) in [7, 11) is -4.64. The van der Waals surface area contributed by atoms with Gasteiger partial charge in [-0.3, -0.25) is 4.52 Å². The highest BCUT2D eigenvalue weighted by Crippen LogP contribution is 2.36. The van der Waals surface area contributed by atoms with Crippen LogP contribution in [-0.4, -0.2) is 32.7 Å².